The molecule has 0 spiro atoms. The minimum absolute atomic E-state index is 0. The Hall–Kier alpha value is -2.18. The molecular formula is C24H36ClN5O2. The Kier molecular flexibility index (Phi) is 17.0. The zero-order chi connectivity index (χ0) is 21.8. The van der Waals surface area contributed by atoms with Gasteiger partial charge in [0.25, 0.3) is 0 Å². The molecule has 32 heavy (non-hydrogen) atoms. The molecule has 0 unspecified atom stereocenters. The first-order valence-corrected chi connectivity index (χ1v) is 11.4. The number of hydrogen-bond acceptors (Lipinski definition) is 4. The van der Waals surface area contributed by atoms with Crippen LogP contribution in [0.2, 0.25) is 0 Å². The van der Waals surface area contributed by atoms with Crippen LogP contribution in [0.3, 0.4) is 0 Å². The standard InChI is InChI=1S/C24H36N5O2.ClH/c25-28-27-14-1-3-17-30-20-8-12-24-10-6-16-29(22-24)15-2-4-18-31-19-7-11-23-9-5-13-26-21-23;/h5-6,9-10,13,16,21-22H,1-4,7-8,11-12,14-15,17-20H2;1H/q+1;/p-1. The Morgan fingerprint density at radius 1 is 0.875 bits per heavy atom. The van der Waals surface area contributed by atoms with E-state index >= 15 is 0 Å². The van der Waals surface area contributed by atoms with Crippen LogP contribution in [-0.4, -0.2) is 38.0 Å². The van der Waals surface area contributed by atoms with E-state index in [0.29, 0.717) is 6.54 Å². The normalized spacial score (nSPS) is 10.4. The second-order valence-corrected chi connectivity index (χ2v) is 7.61. The molecule has 7 nitrogen and oxygen atoms in total. The van der Waals surface area contributed by atoms with Gasteiger partial charge in [-0.05, 0) is 68.2 Å². The van der Waals surface area contributed by atoms with Crippen LogP contribution in [0.5, 0.6) is 0 Å². The van der Waals surface area contributed by atoms with Crippen molar-refractivity contribution in [1.29, 1.82) is 0 Å². The van der Waals surface area contributed by atoms with Crippen molar-refractivity contribution >= 4 is 0 Å². The van der Waals surface area contributed by atoms with E-state index in [9.17, 15) is 0 Å². The summed E-state index contributed by atoms with van der Waals surface area (Å²) < 4.78 is 13.7. The van der Waals surface area contributed by atoms with Crippen molar-refractivity contribution in [3.8, 4) is 0 Å². The second kappa shape index (κ2) is 19.5. The average molecular weight is 462 g/mol. The van der Waals surface area contributed by atoms with Crippen LogP contribution < -0.4 is 17.0 Å². The first-order chi connectivity index (χ1) is 15.4. The van der Waals surface area contributed by atoms with E-state index in [1.165, 1.54) is 11.1 Å². The van der Waals surface area contributed by atoms with Crippen LogP contribution in [0.15, 0.2) is 54.2 Å². The average Bonchev–Trinajstić information content (AvgIpc) is 2.81. The van der Waals surface area contributed by atoms with Gasteiger partial charge in [0.1, 0.15) is 6.54 Å². The van der Waals surface area contributed by atoms with Gasteiger partial charge in [0.15, 0.2) is 12.4 Å². The molecule has 0 aliphatic heterocycles. The minimum Gasteiger partial charge on any atom is -1.00 e. The third-order valence-corrected chi connectivity index (χ3v) is 4.97. The number of hydrogen-bond donors (Lipinski definition) is 0. The molecule has 0 saturated heterocycles. The fraction of sp³-hybridized carbons (Fsp3) is 0.583. The van der Waals surface area contributed by atoms with E-state index in [-0.39, 0.29) is 12.4 Å². The molecule has 2 heterocycles. The van der Waals surface area contributed by atoms with E-state index in [4.69, 9.17) is 15.0 Å². The Labute approximate surface area is 198 Å². The minimum atomic E-state index is 0. The molecule has 8 heteroatoms. The third kappa shape index (κ3) is 14.0. The molecule has 0 fully saturated rings. The number of ether oxygens (including phenoxy) is 2. The van der Waals surface area contributed by atoms with Crippen molar-refractivity contribution in [1.82, 2.24) is 4.98 Å². The van der Waals surface area contributed by atoms with Crippen molar-refractivity contribution in [2.75, 3.05) is 33.0 Å². The monoisotopic (exact) mass is 461 g/mol. The molecule has 0 atom stereocenters. The summed E-state index contributed by atoms with van der Waals surface area (Å²) in [4.78, 5) is 6.88. The van der Waals surface area contributed by atoms with Gasteiger partial charge in [-0.15, -0.1) is 0 Å². The predicted molar refractivity (Wildman–Crippen MR) is 122 cm³/mol. The molecule has 0 amide bonds. The lowest BCUT2D eigenvalue weighted by molar-refractivity contribution is -0.697. The summed E-state index contributed by atoms with van der Waals surface area (Å²) in [6.07, 6.45) is 16.3. The maximum Gasteiger partial charge on any atom is 0.171 e. The molecule has 176 valence electrons. The molecule has 2 aromatic rings. The predicted octanol–water partition coefficient (Wildman–Crippen LogP) is 1.84. The smallest absolute Gasteiger partial charge is 0.171 e. The molecule has 0 aliphatic carbocycles. The van der Waals surface area contributed by atoms with Gasteiger partial charge >= 0.3 is 0 Å². The van der Waals surface area contributed by atoms with Gasteiger partial charge in [0.2, 0.25) is 0 Å². The van der Waals surface area contributed by atoms with Crippen LogP contribution >= 0.6 is 0 Å². The van der Waals surface area contributed by atoms with Crippen LogP contribution in [0, 0.1) is 0 Å². The van der Waals surface area contributed by atoms with Gasteiger partial charge in [-0.3, -0.25) is 4.98 Å². The molecule has 0 bridgehead atoms. The third-order valence-electron chi connectivity index (χ3n) is 4.97. The number of aryl methyl sites for hydroxylation is 3. The fourth-order valence-electron chi connectivity index (χ4n) is 3.30. The summed E-state index contributed by atoms with van der Waals surface area (Å²) >= 11 is 0. The van der Waals surface area contributed by atoms with Crippen molar-refractivity contribution in [3.05, 3.63) is 70.6 Å². The first kappa shape index (κ1) is 27.9. The maximum atomic E-state index is 8.22. The van der Waals surface area contributed by atoms with Crippen molar-refractivity contribution in [3.63, 3.8) is 0 Å². The summed E-state index contributed by atoms with van der Waals surface area (Å²) in [6.45, 7) is 4.73. The number of pyridine rings is 2. The van der Waals surface area contributed by atoms with Gasteiger partial charge in [-0.25, -0.2) is 4.57 Å². The lowest BCUT2D eigenvalue weighted by Crippen LogP contribution is -3.00. The van der Waals surface area contributed by atoms with E-state index in [1.807, 2.05) is 18.5 Å². The zero-order valence-electron chi connectivity index (χ0n) is 18.9. The lowest BCUT2D eigenvalue weighted by atomic mass is 10.1. The number of nitrogens with zero attached hydrogens (tertiary/aromatic N) is 5. The Morgan fingerprint density at radius 2 is 1.56 bits per heavy atom. The summed E-state index contributed by atoms with van der Waals surface area (Å²) in [5, 5.41) is 3.52. The van der Waals surface area contributed by atoms with Crippen LogP contribution in [0.1, 0.15) is 49.7 Å². The van der Waals surface area contributed by atoms with Crippen molar-refractivity contribution < 1.29 is 26.4 Å². The molecule has 2 rings (SSSR count). The highest BCUT2D eigenvalue weighted by Gasteiger charge is 2.03. The van der Waals surface area contributed by atoms with Crippen LogP contribution in [0.4, 0.5) is 0 Å². The summed E-state index contributed by atoms with van der Waals surface area (Å²) in [7, 11) is 0. The van der Waals surface area contributed by atoms with E-state index in [2.05, 4.69) is 50.2 Å². The van der Waals surface area contributed by atoms with Gasteiger partial charge in [-0.2, -0.15) is 0 Å². The zero-order valence-corrected chi connectivity index (χ0v) is 19.7. The van der Waals surface area contributed by atoms with E-state index in [1.54, 1.807) is 0 Å². The molecule has 0 aromatic carbocycles. The van der Waals surface area contributed by atoms with Crippen molar-refractivity contribution in [2.24, 2.45) is 5.11 Å². The quantitative estimate of drug-likeness (QED) is 0.112. The number of unbranched alkanes of at least 4 members (excludes halogenated alkanes) is 2. The highest BCUT2D eigenvalue weighted by molar-refractivity contribution is 5.08. The molecule has 0 saturated carbocycles. The number of rotatable bonds is 18. The molecular weight excluding hydrogens is 426 g/mol. The van der Waals surface area contributed by atoms with Gasteiger partial charge < -0.3 is 21.9 Å². The Bertz CT molecular complexity index is 757. The fourth-order valence-corrected chi connectivity index (χ4v) is 3.30. The maximum absolute atomic E-state index is 8.22. The van der Waals surface area contributed by atoms with Gasteiger partial charge in [0.05, 0.1) is 0 Å². The SMILES string of the molecule is [Cl-].[N-]=[N+]=NCCCCOCCCc1ccc[n+](CCCCOCCCc2cccnc2)c1. The lowest BCUT2D eigenvalue weighted by Gasteiger charge is -2.05. The van der Waals surface area contributed by atoms with Crippen LogP contribution in [-0.2, 0) is 28.9 Å². The second-order valence-electron chi connectivity index (χ2n) is 7.61. The van der Waals surface area contributed by atoms with E-state index < -0.39 is 0 Å². The first-order valence-electron chi connectivity index (χ1n) is 11.4. The van der Waals surface area contributed by atoms with Gasteiger partial charge in [0, 0.05) is 68.3 Å². The molecule has 0 radical (unpaired) electrons. The largest absolute Gasteiger partial charge is 1.00 e. The molecule has 0 aliphatic rings. The van der Waals surface area contributed by atoms with Crippen molar-refractivity contribution in [2.45, 2.75) is 57.9 Å². The topological polar surface area (TPSA) is 84.0 Å². The Balaban J connectivity index is 0.00000512. The van der Waals surface area contributed by atoms with Gasteiger partial charge in [-0.1, -0.05) is 11.2 Å². The Morgan fingerprint density at radius 3 is 2.28 bits per heavy atom. The highest BCUT2D eigenvalue weighted by Crippen LogP contribution is 2.03. The molecule has 2 aromatic heterocycles. The number of halogens is 1. The van der Waals surface area contributed by atoms with E-state index in [0.717, 1.165) is 84.3 Å². The highest BCUT2D eigenvalue weighted by atomic mass is 35.5. The number of azide groups is 1. The summed E-state index contributed by atoms with van der Waals surface area (Å²) in [5.41, 5.74) is 10.8. The van der Waals surface area contributed by atoms with Crippen LogP contribution in [0.25, 0.3) is 10.4 Å². The summed E-state index contributed by atoms with van der Waals surface area (Å²) in [5.74, 6) is 0. The summed E-state index contributed by atoms with van der Waals surface area (Å²) in [6, 6.07) is 8.40. The molecule has 0 N–H and O–H groups in total. The number of aromatic nitrogens is 2.